The summed E-state index contributed by atoms with van der Waals surface area (Å²) in [5.41, 5.74) is 1.86. The van der Waals surface area contributed by atoms with Crippen molar-refractivity contribution in [3.63, 3.8) is 0 Å². The minimum atomic E-state index is -0.653. The number of carbonyl (C=O) groups excluding carboxylic acids is 2. The number of oxime groups is 1. The lowest BCUT2D eigenvalue weighted by Gasteiger charge is -2.30. The molecule has 186 valence electrons. The Bertz CT molecular complexity index is 1140. The van der Waals surface area contributed by atoms with Crippen LogP contribution in [0.4, 0.5) is 4.39 Å². The number of ether oxygens (including phenoxy) is 3. The monoisotopic (exact) mass is 487 g/mol. The van der Waals surface area contributed by atoms with Gasteiger partial charge in [0.25, 0.3) is 11.8 Å². The number of hydrogen-bond donors (Lipinski definition) is 2. The highest BCUT2D eigenvalue weighted by Crippen LogP contribution is 2.23. The van der Waals surface area contributed by atoms with Gasteiger partial charge in [-0.3, -0.25) is 9.59 Å². The molecule has 2 aliphatic heterocycles. The number of methoxy groups -OCH3 is 1. The molecule has 0 saturated carbocycles. The number of likely N-dealkylation sites (N-methyl/N-ethyl adjacent to an activating group) is 1. The normalized spacial score (nSPS) is 21.6. The van der Waals surface area contributed by atoms with Crippen LogP contribution in [0.5, 0.6) is 5.75 Å². The summed E-state index contributed by atoms with van der Waals surface area (Å²) in [7, 11) is 2.91. The zero-order valence-electron chi connectivity index (χ0n) is 19.5. The number of hydrogen-bond acceptors (Lipinski definition) is 9. The summed E-state index contributed by atoms with van der Waals surface area (Å²) in [6.07, 6.45) is -1.06. The lowest BCUT2D eigenvalue weighted by Crippen LogP contribution is -2.48. The Hall–Kier alpha value is -3.64. The molecule has 1 fully saturated rings. The molecule has 35 heavy (non-hydrogen) atoms. The molecule has 2 aromatic rings. The molecule has 1 saturated heterocycles. The van der Waals surface area contributed by atoms with E-state index < -0.39 is 30.0 Å². The quantitative estimate of drug-likeness (QED) is 0.588. The van der Waals surface area contributed by atoms with Gasteiger partial charge in [-0.2, -0.15) is 0 Å². The van der Waals surface area contributed by atoms with Crippen molar-refractivity contribution < 1.29 is 33.0 Å². The number of aryl methyl sites for hydroxylation is 1. The molecule has 1 unspecified atom stereocenters. The van der Waals surface area contributed by atoms with Crippen LogP contribution in [0.2, 0.25) is 0 Å². The number of halogens is 1. The van der Waals surface area contributed by atoms with Gasteiger partial charge in [0.05, 0.1) is 26.0 Å². The molecule has 2 N–H and O–H groups in total. The molecule has 0 aliphatic carbocycles. The fraction of sp³-hybridized carbons (Fsp3) is 0.435. The van der Waals surface area contributed by atoms with Crippen molar-refractivity contribution in [2.45, 2.75) is 38.2 Å². The van der Waals surface area contributed by atoms with Gasteiger partial charge >= 0.3 is 0 Å². The number of nitrogens with one attached hydrogen (secondary N) is 2. The van der Waals surface area contributed by atoms with Crippen LogP contribution in [0.1, 0.15) is 34.0 Å². The summed E-state index contributed by atoms with van der Waals surface area (Å²) in [6, 6.07) is 5.90. The van der Waals surface area contributed by atoms with Gasteiger partial charge in [-0.25, -0.2) is 14.4 Å². The maximum Gasteiger partial charge on any atom is 0.270 e. The summed E-state index contributed by atoms with van der Waals surface area (Å²) in [5.74, 6) is -0.642. The molecule has 0 bridgehead atoms. The Balaban J connectivity index is 1.37. The van der Waals surface area contributed by atoms with Gasteiger partial charge in [0.15, 0.2) is 23.8 Å². The maximum atomic E-state index is 13.6. The highest BCUT2D eigenvalue weighted by molar-refractivity contribution is 6.02. The standard InChI is InChI=1S/C23H26FN5O6/c1-12-27-15(16-8-19(35-29-16)20-10-34-21(11-33-20)23(31)25-2)7-17(28-12)22(30)26-9-13-4-5-14(24)18(6-13)32-3/h4-7,19-21H,8-11H2,1-3H3,(H,25,31)(H,26,30)/t19?,20-,21+/m1/s1. The minimum absolute atomic E-state index is 0.0993. The molecule has 0 spiro atoms. The van der Waals surface area contributed by atoms with E-state index in [4.69, 9.17) is 19.0 Å². The second-order valence-corrected chi connectivity index (χ2v) is 8.03. The maximum absolute atomic E-state index is 13.6. The van der Waals surface area contributed by atoms with Crippen LogP contribution in [0.3, 0.4) is 0 Å². The van der Waals surface area contributed by atoms with E-state index in [1.54, 1.807) is 13.0 Å². The van der Waals surface area contributed by atoms with Gasteiger partial charge in [0.2, 0.25) is 0 Å². The molecule has 3 atom stereocenters. The zero-order valence-corrected chi connectivity index (χ0v) is 19.5. The van der Waals surface area contributed by atoms with Crippen LogP contribution in [0, 0.1) is 12.7 Å². The van der Waals surface area contributed by atoms with Crippen LogP contribution < -0.4 is 15.4 Å². The summed E-state index contributed by atoms with van der Waals surface area (Å²) < 4.78 is 29.9. The predicted octanol–water partition coefficient (Wildman–Crippen LogP) is 0.886. The summed E-state index contributed by atoms with van der Waals surface area (Å²) in [6.45, 7) is 2.15. The van der Waals surface area contributed by atoms with Crippen LogP contribution in [-0.2, 0) is 25.7 Å². The van der Waals surface area contributed by atoms with Gasteiger partial charge in [-0.05, 0) is 30.7 Å². The van der Waals surface area contributed by atoms with E-state index >= 15 is 0 Å². The van der Waals surface area contributed by atoms with Gasteiger partial charge in [-0.1, -0.05) is 11.2 Å². The lowest BCUT2D eigenvalue weighted by molar-refractivity contribution is -0.179. The Morgan fingerprint density at radius 2 is 2.00 bits per heavy atom. The van der Waals surface area contributed by atoms with Crippen molar-refractivity contribution in [2.75, 3.05) is 27.4 Å². The number of carbonyl (C=O) groups is 2. The van der Waals surface area contributed by atoms with E-state index in [9.17, 15) is 14.0 Å². The third-order valence-corrected chi connectivity index (χ3v) is 5.60. The average Bonchev–Trinajstić information content (AvgIpc) is 3.38. The van der Waals surface area contributed by atoms with Crippen LogP contribution in [-0.4, -0.2) is 73.2 Å². The van der Waals surface area contributed by atoms with Crippen molar-refractivity contribution in [1.82, 2.24) is 20.6 Å². The number of aromatic nitrogens is 2. The topological polar surface area (TPSA) is 133 Å². The van der Waals surface area contributed by atoms with Crippen molar-refractivity contribution >= 4 is 17.5 Å². The van der Waals surface area contributed by atoms with E-state index in [0.29, 0.717) is 29.2 Å². The van der Waals surface area contributed by atoms with Crippen molar-refractivity contribution in [1.29, 1.82) is 0 Å². The minimum Gasteiger partial charge on any atom is -0.494 e. The van der Waals surface area contributed by atoms with Crippen molar-refractivity contribution in [2.24, 2.45) is 5.16 Å². The van der Waals surface area contributed by atoms with Gasteiger partial charge in [-0.15, -0.1) is 0 Å². The van der Waals surface area contributed by atoms with Crippen LogP contribution in [0.15, 0.2) is 29.4 Å². The smallest absolute Gasteiger partial charge is 0.270 e. The molecule has 1 aromatic heterocycles. The summed E-state index contributed by atoms with van der Waals surface area (Å²) in [4.78, 5) is 38.6. The Labute approximate surface area is 201 Å². The lowest BCUT2D eigenvalue weighted by atomic mass is 10.0. The summed E-state index contributed by atoms with van der Waals surface area (Å²) in [5, 5.41) is 9.42. The highest BCUT2D eigenvalue weighted by atomic mass is 19.1. The van der Waals surface area contributed by atoms with Gasteiger partial charge in [0.1, 0.15) is 23.3 Å². The fourth-order valence-corrected chi connectivity index (χ4v) is 3.71. The molecule has 0 radical (unpaired) electrons. The molecule has 12 heteroatoms. The van der Waals surface area contributed by atoms with Crippen LogP contribution in [0.25, 0.3) is 0 Å². The Kier molecular flexibility index (Phi) is 7.51. The van der Waals surface area contributed by atoms with E-state index in [-0.39, 0.29) is 37.1 Å². The first kappa shape index (κ1) is 24.5. The molecular weight excluding hydrogens is 461 g/mol. The number of nitrogens with zero attached hydrogens (tertiary/aromatic N) is 3. The zero-order chi connectivity index (χ0) is 24.9. The SMILES string of the molecule is CNC(=O)[C@@H]1CO[C@@H](C2CC(c3cc(C(=O)NCc4ccc(F)c(OC)c4)nc(C)n3)=NO2)CO1. The van der Waals surface area contributed by atoms with Crippen molar-refractivity contribution in [3.05, 3.63) is 52.9 Å². The average molecular weight is 487 g/mol. The molecule has 4 rings (SSSR count). The molecule has 11 nitrogen and oxygen atoms in total. The van der Waals surface area contributed by atoms with Crippen LogP contribution >= 0.6 is 0 Å². The predicted molar refractivity (Wildman–Crippen MR) is 120 cm³/mol. The second-order valence-electron chi connectivity index (χ2n) is 8.03. The van der Waals surface area contributed by atoms with E-state index in [2.05, 4.69) is 25.8 Å². The Morgan fingerprint density at radius 3 is 2.71 bits per heavy atom. The van der Waals surface area contributed by atoms with Gasteiger partial charge in [0, 0.05) is 20.0 Å². The second kappa shape index (κ2) is 10.7. The third-order valence-electron chi connectivity index (χ3n) is 5.60. The van der Waals surface area contributed by atoms with Crippen molar-refractivity contribution in [3.8, 4) is 5.75 Å². The molecule has 2 amide bonds. The molecule has 2 aliphatic rings. The molecule has 1 aromatic carbocycles. The van der Waals surface area contributed by atoms with E-state index in [0.717, 1.165) is 0 Å². The summed E-state index contributed by atoms with van der Waals surface area (Å²) >= 11 is 0. The highest BCUT2D eigenvalue weighted by Gasteiger charge is 2.37. The van der Waals surface area contributed by atoms with E-state index in [1.165, 1.54) is 32.4 Å². The first-order valence-electron chi connectivity index (χ1n) is 11.0. The number of amides is 2. The Morgan fingerprint density at radius 1 is 1.17 bits per heavy atom. The largest absolute Gasteiger partial charge is 0.494 e. The molecular formula is C23H26FN5O6. The first-order valence-corrected chi connectivity index (χ1v) is 11.0. The fourth-order valence-electron chi connectivity index (χ4n) is 3.71. The first-order chi connectivity index (χ1) is 16.9. The number of benzene rings is 1. The number of rotatable bonds is 7. The third kappa shape index (κ3) is 5.72. The van der Waals surface area contributed by atoms with E-state index in [1.807, 2.05) is 0 Å². The molecule has 3 heterocycles. The van der Waals surface area contributed by atoms with Gasteiger partial charge < -0.3 is 29.7 Å².